The van der Waals surface area contributed by atoms with Crippen molar-refractivity contribution < 1.29 is 12.8 Å². The Kier molecular flexibility index (Phi) is 8.28. The smallest absolute Gasteiger partial charge is 0.250 e. The average Bonchev–Trinajstić information content (AvgIpc) is 3.31. The van der Waals surface area contributed by atoms with E-state index in [1.807, 2.05) is 31.2 Å². The standard InChI is InChI=1S/C18H22N4O3S2.HI/c1-13-14-6-3-4-7-15(14)25-16(13)12-21-18(19-2)20-9-10-22-27(23,24)17-8-5-11-26-17;/h3-8,11,22H,9-10,12H2,1-2H3,(H2,19,20,21);1H. The van der Waals surface area contributed by atoms with Gasteiger partial charge in [0.05, 0.1) is 6.54 Å². The Labute approximate surface area is 185 Å². The highest BCUT2D eigenvalue weighted by Gasteiger charge is 2.14. The molecule has 10 heteroatoms. The van der Waals surface area contributed by atoms with Crippen LogP contribution in [0.15, 0.2) is 55.4 Å². The fourth-order valence-electron chi connectivity index (χ4n) is 2.63. The van der Waals surface area contributed by atoms with Crippen LogP contribution in [0.5, 0.6) is 0 Å². The summed E-state index contributed by atoms with van der Waals surface area (Å²) in [5.41, 5.74) is 1.95. The van der Waals surface area contributed by atoms with Gasteiger partial charge in [0, 0.05) is 31.1 Å². The Morgan fingerprint density at radius 3 is 2.61 bits per heavy atom. The van der Waals surface area contributed by atoms with Crippen LogP contribution in [-0.4, -0.2) is 34.5 Å². The monoisotopic (exact) mass is 534 g/mol. The molecule has 7 nitrogen and oxygen atoms in total. The van der Waals surface area contributed by atoms with Gasteiger partial charge in [-0.2, -0.15) is 0 Å². The van der Waals surface area contributed by atoms with Crippen molar-refractivity contribution in [1.29, 1.82) is 0 Å². The van der Waals surface area contributed by atoms with Gasteiger partial charge in [0.2, 0.25) is 10.0 Å². The number of sulfonamides is 1. The zero-order valence-corrected chi connectivity index (χ0v) is 19.5. The van der Waals surface area contributed by atoms with E-state index >= 15 is 0 Å². The van der Waals surface area contributed by atoms with Gasteiger partial charge in [-0.25, -0.2) is 13.1 Å². The maximum Gasteiger partial charge on any atom is 0.250 e. The number of aryl methyl sites for hydroxylation is 1. The molecule has 3 aromatic rings. The Morgan fingerprint density at radius 1 is 1.14 bits per heavy atom. The number of hydrogen-bond donors (Lipinski definition) is 3. The van der Waals surface area contributed by atoms with Gasteiger partial charge in [-0.15, -0.1) is 35.3 Å². The number of para-hydroxylation sites is 1. The van der Waals surface area contributed by atoms with Crippen LogP contribution in [0.1, 0.15) is 11.3 Å². The second-order valence-corrected chi connectivity index (χ2v) is 8.77. The molecule has 0 aliphatic rings. The van der Waals surface area contributed by atoms with Crippen molar-refractivity contribution in [3.8, 4) is 0 Å². The first kappa shape index (κ1) is 22.7. The van der Waals surface area contributed by atoms with Crippen LogP contribution in [0.25, 0.3) is 11.0 Å². The molecule has 2 aromatic heterocycles. The number of guanidine groups is 1. The summed E-state index contributed by atoms with van der Waals surface area (Å²) < 4.78 is 32.8. The number of aliphatic imine (C=N–C) groups is 1. The summed E-state index contributed by atoms with van der Waals surface area (Å²) in [4.78, 5) is 4.15. The Morgan fingerprint density at radius 2 is 1.93 bits per heavy atom. The second kappa shape index (κ2) is 10.2. The van der Waals surface area contributed by atoms with Gasteiger partial charge in [-0.05, 0) is 24.4 Å². The SMILES string of the molecule is CN=C(NCCNS(=O)(=O)c1cccs1)NCc1oc2ccccc2c1C.I. The number of rotatable bonds is 7. The second-order valence-electron chi connectivity index (χ2n) is 5.83. The van der Waals surface area contributed by atoms with E-state index in [-0.39, 0.29) is 30.5 Å². The lowest BCUT2D eigenvalue weighted by molar-refractivity contribution is 0.534. The fourth-order valence-corrected chi connectivity index (χ4v) is 4.70. The molecule has 152 valence electrons. The molecule has 0 atom stereocenters. The van der Waals surface area contributed by atoms with Gasteiger partial charge < -0.3 is 15.1 Å². The normalized spacial score (nSPS) is 12.0. The molecule has 0 aliphatic carbocycles. The predicted molar refractivity (Wildman–Crippen MR) is 124 cm³/mol. The number of nitrogens with one attached hydrogen (secondary N) is 3. The summed E-state index contributed by atoms with van der Waals surface area (Å²) in [6, 6.07) is 11.2. The summed E-state index contributed by atoms with van der Waals surface area (Å²) in [5, 5.41) is 9.10. The van der Waals surface area contributed by atoms with Crippen molar-refractivity contribution in [3.63, 3.8) is 0 Å². The van der Waals surface area contributed by atoms with Crippen LogP contribution < -0.4 is 15.4 Å². The summed E-state index contributed by atoms with van der Waals surface area (Å²) in [7, 11) is -1.78. The van der Waals surface area contributed by atoms with Crippen LogP contribution in [0.4, 0.5) is 0 Å². The molecular formula is C18H23IN4O3S2. The average molecular weight is 534 g/mol. The van der Waals surface area contributed by atoms with Crippen molar-refractivity contribution in [2.75, 3.05) is 20.1 Å². The van der Waals surface area contributed by atoms with Gasteiger partial charge in [-0.3, -0.25) is 4.99 Å². The van der Waals surface area contributed by atoms with Gasteiger partial charge in [0.25, 0.3) is 0 Å². The van der Waals surface area contributed by atoms with E-state index < -0.39 is 10.0 Å². The number of furan rings is 1. The van der Waals surface area contributed by atoms with Crippen molar-refractivity contribution in [1.82, 2.24) is 15.4 Å². The first-order chi connectivity index (χ1) is 13.0. The Bertz CT molecular complexity index is 1030. The molecule has 0 aliphatic heterocycles. The lowest BCUT2D eigenvalue weighted by Gasteiger charge is -2.11. The molecule has 2 heterocycles. The number of nitrogens with zero attached hydrogens (tertiary/aromatic N) is 1. The Balaban J connectivity index is 0.00000280. The van der Waals surface area contributed by atoms with Gasteiger partial charge >= 0.3 is 0 Å². The third-order valence-electron chi connectivity index (χ3n) is 4.05. The molecule has 0 spiro atoms. The largest absolute Gasteiger partial charge is 0.459 e. The van der Waals surface area contributed by atoms with Gasteiger partial charge in [0.1, 0.15) is 15.6 Å². The maximum atomic E-state index is 12.1. The van der Waals surface area contributed by atoms with E-state index in [0.29, 0.717) is 23.3 Å². The van der Waals surface area contributed by atoms with Crippen molar-refractivity contribution in [2.45, 2.75) is 17.7 Å². The highest BCUT2D eigenvalue weighted by atomic mass is 127. The molecule has 0 amide bonds. The van der Waals surface area contributed by atoms with Crippen LogP contribution >= 0.6 is 35.3 Å². The number of halogens is 1. The van der Waals surface area contributed by atoms with Gasteiger partial charge in [-0.1, -0.05) is 24.3 Å². The maximum absolute atomic E-state index is 12.1. The summed E-state index contributed by atoms with van der Waals surface area (Å²) in [6.07, 6.45) is 0. The van der Waals surface area contributed by atoms with E-state index in [1.165, 1.54) is 11.3 Å². The van der Waals surface area contributed by atoms with Crippen molar-refractivity contribution in [3.05, 3.63) is 53.1 Å². The fraction of sp³-hybridized carbons (Fsp3) is 0.278. The molecule has 0 saturated heterocycles. The zero-order valence-electron chi connectivity index (χ0n) is 15.6. The third kappa shape index (κ3) is 5.46. The summed E-state index contributed by atoms with van der Waals surface area (Å²) >= 11 is 1.19. The van der Waals surface area contributed by atoms with E-state index in [4.69, 9.17) is 4.42 Å². The highest BCUT2D eigenvalue weighted by molar-refractivity contribution is 14.0. The quantitative estimate of drug-likeness (QED) is 0.188. The highest BCUT2D eigenvalue weighted by Crippen LogP contribution is 2.24. The van der Waals surface area contributed by atoms with Crippen LogP contribution in [0.3, 0.4) is 0 Å². The topological polar surface area (TPSA) is 95.7 Å². The van der Waals surface area contributed by atoms with Crippen LogP contribution in [-0.2, 0) is 16.6 Å². The number of fused-ring (bicyclic) bond motifs is 1. The van der Waals surface area contributed by atoms with E-state index in [1.54, 1.807) is 24.6 Å². The van der Waals surface area contributed by atoms with Crippen LogP contribution in [0, 0.1) is 6.92 Å². The lowest BCUT2D eigenvalue weighted by Crippen LogP contribution is -2.41. The molecule has 3 rings (SSSR count). The minimum absolute atomic E-state index is 0. The predicted octanol–water partition coefficient (Wildman–Crippen LogP) is 3.06. The number of benzene rings is 1. The molecule has 0 unspecified atom stereocenters. The first-order valence-electron chi connectivity index (χ1n) is 8.46. The number of thiophene rings is 1. The molecule has 0 saturated carbocycles. The number of hydrogen-bond acceptors (Lipinski definition) is 5. The van der Waals surface area contributed by atoms with Crippen molar-refractivity contribution >= 4 is 62.3 Å². The minimum Gasteiger partial charge on any atom is -0.459 e. The van der Waals surface area contributed by atoms with Gasteiger partial charge in [0.15, 0.2) is 5.96 Å². The van der Waals surface area contributed by atoms with E-state index in [2.05, 4.69) is 20.3 Å². The molecule has 28 heavy (non-hydrogen) atoms. The van der Waals surface area contributed by atoms with Crippen LogP contribution in [0.2, 0.25) is 0 Å². The molecular weight excluding hydrogens is 511 g/mol. The first-order valence-corrected chi connectivity index (χ1v) is 10.8. The Hall–Kier alpha value is -1.63. The molecule has 0 bridgehead atoms. The molecule has 0 radical (unpaired) electrons. The van der Waals surface area contributed by atoms with E-state index in [0.717, 1.165) is 22.3 Å². The third-order valence-corrected chi connectivity index (χ3v) is 6.91. The van der Waals surface area contributed by atoms with E-state index in [9.17, 15) is 8.42 Å². The molecule has 0 fully saturated rings. The lowest BCUT2D eigenvalue weighted by atomic mass is 10.1. The summed E-state index contributed by atoms with van der Waals surface area (Å²) in [6.45, 7) is 3.17. The molecule has 3 N–H and O–H groups in total. The minimum atomic E-state index is -3.44. The zero-order chi connectivity index (χ0) is 19.3. The molecule has 1 aromatic carbocycles. The summed E-state index contributed by atoms with van der Waals surface area (Å²) in [5.74, 6) is 1.42. The van der Waals surface area contributed by atoms with Crippen molar-refractivity contribution in [2.24, 2.45) is 4.99 Å².